The van der Waals surface area contributed by atoms with Gasteiger partial charge in [0, 0.05) is 0 Å². The summed E-state index contributed by atoms with van der Waals surface area (Å²) in [6.07, 6.45) is 0. The predicted molar refractivity (Wildman–Crippen MR) is 69.8 cm³/mol. The second-order valence-electron chi connectivity index (χ2n) is 4.99. The van der Waals surface area contributed by atoms with E-state index in [1.54, 1.807) is 0 Å². The lowest BCUT2D eigenvalue weighted by atomic mass is 10.1. The standard InChI is InChI=1S/C15H14N2/c1-10-3-5-13-12(7-10)9-16-14-6-4-11(2)8-15(14)17(13)16/h3-8H,9H2,1-2H3. The minimum atomic E-state index is 1.01. The topological polar surface area (TPSA) is 9.86 Å². The van der Waals surface area contributed by atoms with Crippen LogP contribution in [0.3, 0.4) is 0 Å². The maximum absolute atomic E-state index is 2.35. The first-order valence-electron chi connectivity index (χ1n) is 6.02. The van der Waals surface area contributed by atoms with Crippen LogP contribution in [-0.2, 0) is 6.54 Å². The number of fused-ring (bicyclic) bond motifs is 6. The normalized spacial score (nSPS) is 13.1. The zero-order chi connectivity index (χ0) is 11.6. The van der Waals surface area contributed by atoms with Crippen molar-refractivity contribution in [1.82, 2.24) is 9.36 Å². The van der Waals surface area contributed by atoms with Crippen molar-refractivity contribution in [1.29, 1.82) is 0 Å². The van der Waals surface area contributed by atoms with Crippen LogP contribution < -0.4 is 0 Å². The van der Waals surface area contributed by atoms with Crippen molar-refractivity contribution < 1.29 is 0 Å². The summed E-state index contributed by atoms with van der Waals surface area (Å²) in [6, 6.07) is 13.4. The molecule has 4 rings (SSSR count). The Kier molecular flexibility index (Phi) is 1.52. The number of benzene rings is 2. The Labute approximate surface area is 100 Å². The lowest BCUT2D eigenvalue weighted by Crippen LogP contribution is -2.15. The summed E-state index contributed by atoms with van der Waals surface area (Å²) in [5.41, 5.74) is 8.13. The molecule has 2 nitrogen and oxygen atoms in total. The summed E-state index contributed by atoms with van der Waals surface area (Å²) >= 11 is 0. The molecule has 0 bridgehead atoms. The van der Waals surface area contributed by atoms with Gasteiger partial charge in [-0.3, -0.25) is 9.36 Å². The fourth-order valence-electron chi connectivity index (χ4n) is 2.84. The molecule has 0 fully saturated rings. The van der Waals surface area contributed by atoms with Crippen molar-refractivity contribution in [2.75, 3.05) is 0 Å². The first kappa shape index (κ1) is 9.11. The average Bonchev–Trinajstić information content (AvgIpc) is 2.61. The molecule has 1 aromatic heterocycles. The highest BCUT2D eigenvalue weighted by Gasteiger charge is 2.23. The van der Waals surface area contributed by atoms with Crippen LogP contribution in [0.2, 0.25) is 0 Å². The van der Waals surface area contributed by atoms with E-state index in [0.717, 1.165) is 6.54 Å². The molecule has 0 N–H and O–H groups in total. The number of aryl methyl sites for hydroxylation is 2. The largest absolute Gasteiger partial charge is 0.274 e. The minimum absolute atomic E-state index is 1.01. The van der Waals surface area contributed by atoms with E-state index in [0.29, 0.717) is 0 Å². The third-order valence-corrected chi connectivity index (χ3v) is 3.66. The van der Waals surface area contributed by atoms with Gasteiger partial charge in [0.15, 0.2) is 0 Å². The predicted octanol–water partition coefficient (Wildman–Crippen LogP) is 3.41. The molecule has 0 unspecified atom stereocenters. The van der Waals surface area contributed by atoms with Crippen LogP contribution in [0.25, 0.3) is 16.7 Å². The van der Waals surface area contributed by atoms with Gasteiger partial charge < -0.3 is 0 Å². The van der Waals surface area contributed by atoms with Crippen LogP contribution in [0, 0.1) is 13.8 Å². The molecule has 0 saturated carbocycles. The number of rotatable bonds is 0. The summed E-state index contributed by atoms with van der Waals surface area (Å²) in [6.45, 7) is 5.31. The van der Waals surface area contributed by atoms with Gasteiger partial charge in [0.1, 0.15) is 0 Å². The van der Waals surface area contributed by atoms with Crippen LogP contribution in [0.1, 0.15) is 16.7 Å². The van der Waals surface area contributed by atoms with Crippen molar-refractivity contribution >= 4 is 11.0 Å². The fraction of sp³-hybridized carbons (Fsp3) is 0.200. The number of hydrogen-bond acceptors (Lipinski definition) is 0. The van der Waals surface area contributed by atoms with Crippen LogP contribution in [0.5, 0.6) is 0 Å². The van der Waals surface area contributed by atoms with Crippen molar-refractivity contribution in [2.24, 2.45) is 0 Å². The molecule has 0 spiro atoms. The molecule has 0 aliphatic carbocycles. The van der Waals surface area contributed by atoms with Crippen LogP contribution in [-0.4, -0.2) is 9.36 Å². The zero-order valence-corrected chi connectivity index (χ0v) is 10.1. The Balaban J connectivity index is 2.03. The smallest absolute Gasteiger partial charge is 0.0888 e. The molecule has 2 aromatic carbocycles. The molecular formula is C15H14N2. The molecule has 3 aromatic rings. The van der Waals surface area contributed by atoms with Crippen LogP contribution in [0.4, 0.5) is 0 Å². The first-order chi connectivity index (χ1) is 8.24. The van der Waals surface area contributed by atoms with Gasteiger partial charge in [0.05, 0.1) is 23.3 Å². The molecule has 17 heavy (non-hydrogen) atoms. The van der Waals surface area contributed by atoms with E-state index in [-0.39, 0.29) is 0 Å². The third kappa shape index (κ3) is 1.05. The van der Waals surface area contributed by atoms with Gasteiger partial charge in [-0.2, -0.15) is 0 Å². The van der Waals surface area contributed by atoms with Gasteiger partial charge in [0.25, 0.3) is 0 Å². The van der Waals surface area contributed by atoms with E-state index in [1.807, 2.05) is 0 Å². The van der Waals surface area contributed by atoms with Gasteiger partial charge in [-0.1, -0.05) is 23.8 Å². The Bertz CT molecular complexity index is 744. The van der Waals surface area contributed by atoms with Gasteiger partial charge >= 0.3 is 0 Å². The van der Waals surface area contributed by atoms with Crippen molar-refractivity contribution in [2.45, 2.75) is 20.4 Å². The van der Waals surface area contributed by atoms with Crippen molar-refractivity contribution in [3.8, 4) is 5.69 Å². The van der Waals surface area contributed by atoms with Gasteiger partial charge in [-0.25, -0.2) is 0 Å². The number of aromatic nitrogens is 2. The highest BCUT2D eigenvalue weighted by atomic mass is 15.5. The lowest BCUT2D eigenvalue weighted by Gasteiger charge is -2.20. The van der Waals surface area contributed by atoms with E-state index < -0.39 is 0 Å². The molecular weight excluding hydrogens is 208 g/mol. The number of hydrogen-bond donors (Lipinski definition) is 0. The molecule has 2 heterocycles. The minimum Gasteiger partial charge on any atom is -0.274 e. The maximum Gasteiger partial charge on any atom is 0.0888 e. The molecule has 0 atom stereocenters. The third-order valence-electron chi connectivity index (χ3n) is 3.66. The molecule has 0 saturated heterocycles. The van der Waals surface area contributed by atoms with Gasteiger partial charge in [-0.15, -0.1) is 0 Å². The monoisotopic (exact) mass is 222 g/mol. The molecule has 2 heteroatoms. The Morgan fingerprint density at radius 1 is 0.882 bits per heavy atom. The van der Waals surface area contributed by atoms with Crippen LogP contribution in [0.15, 0.2) is 36.4 Å². The van der Waals surface area contributed by atoms with Crippen molar-refractivity contribution in [3.05, 3.63) is 53.1 Å². The molecule has 1 aliphatic rings. The highest BCUT2D eigenvalue weighted by Crippen LogP contribution is 2.33. The van der Waals surface area contributed by atoms with E-state index in [1.165, 1.54) is 33.4 Å². The highest BCUT2D eigenvalue weighted by molar-refractivity contribution is 5.83. The Hall–Kier alpha value is -1.96. The Morgan fingerprint density at radius 3 is 2.53 bits per heavy atom. The maximum atomic E-state index is 2.35. The van der Waals surface area contributed by atoms with Gasteiger partial charge in [0.2, 0.25) is 0 Å². The second kappa shape index (κ2) is 2.83. The summed E-state index contributed by atoms with van der Waals surface area (Å²) in [5.74, 6) is 0. The summed E-state index contributed by atoms with van der Waals surface area (Å²) in [7, 11) is 0. The van der Waals surface area contributed by atoms with E-state index in [9.17, 15) is 0 Å². The molecule has 84 valence electrons. The van der Waals surface area contributed by atoms with Gasteiger partial charge in [-0.05, 0) is 43.2 Å². The second-order valence-corrected chi connectivity index (χ2v) is 4.99. The molecule has 1 aliphatic heterocycles. The SMILES string of the molecule is Cc1ccc2c(c1)Cn1c3ccc(C)cc3n1-2. The fourth-order valence-corrected chi connectivity index (χ4v) is 2.84. The average molecular weight is 222 g/mol. The zero-order valence-electron chi connectivity index (χ0n) is 10.1. The van der Waals surface area contributed by atoms with Crippen LogP contribution >= 0.6 is 0 Å². The quantitative estimate of drug-likeness (QED) is 0.431. The number of nitrogens with zero attached hydrogens (tertiary/aromatic N) is 2. The summed E-state index contributed by atoms with van der Waals surface area (Å²) in [5, 5.41) is 0. The van der Waals surface area contributed by atoms with E-state index >= 15 is 0 Å². The van der Waals surface area contributed by atoms with Crippen molar-refractivity contribution in [3.63, 3.8) is 0 Å². The molecule has 0 radical (unpaired) electrons. The lowest BCUT2D eigenvalue weighted by molar-refractivity contribution is 0.652. The van der Waals surface area contributed by atoms with E-state index in [4.69, 9.17) is 0 Å². The first-order valence-corrected chi connectivity index (χ1v) is 6.02. The Morgan fingerprint density at radius 2 is 1.65 bits per heavy atom. The van der Waals surface area contributed by atoms with E-state index in [2.05, 4.69) is 59.6 Å². The summed E-state index contributed by atoms with van der Waals surface area (Å²) < 4.78 is 4.68. The molecule has 0 amide bonds. The summed E-state index contributed by atoms with van der Waals surface area (Å²) in [4.78, 5) is 0.